The molecule has 78 valence electrons. The van der Waals surface area contributed by atoms with Crippen LogP contribution in [0.2, 0.25) is 0 Å². The summed E-state index contributed by atoms with van der Waals surface area (Å²) in [5.74, 6) is -0.487. The zero-order valence-corrected chi connectivity index (χ0v) is 8.58. The van der Waals surface area contributed by atoms with E-state index in [0.717, 1.165) is 12.8 Å². The lowest BCUT2D eigenvalue weighted by Crippen LogP contribution is -2.22. The molecular weight excluding hydrogens is 168 g/mol. The Bertz CT molecular complexity index is 134. The summed E-state index contributed by atoms with van der Waals surface area (Å²) < 4.78 is 4.85. The minimum atomic E-state index is -0.939. The van der Waals surface area contributed by atoms with Gasteiger partial charge in [-0.1, -0.05) is 33.1 Å². The number of carbonyl (C=O) groups is 1. The molecule has 0 aromatic heterocycles. The molecule has 1 unspecified atom stereocenters. The van der Waals surface area contributed by atoms with Crippen LogP contribution in [0.3, 0.4) is 0 Å². The van der Waals surface area contributed by atoms with Crippen LogP contribution in [0.15, 0.2) is 0 Å². The van der Waals surface area contributed by atoms with Crippen molar-refractivity contribution in [2.75, 3.05) is 6.61 Å². The number of hydrogen-bond acceptors (Lipinski definition) is 3. The van der Waals surface area contributed by atoms with Crippen molar-refractivity contribution in [3.63, 3.8) is 0 Å². The Kier molecular flexibility index (Phi) is 7.69. The summed E-state index contributed by atoms with van der Waals surface area (Å²) in [5.41, 5.74) is 0. The fourth-order valence-electron chi connectivity index (χ4n) is 0.964. The molecule has 0 aliphatic rings. The maximum absolute atomic E-state index is 10.9. The van der Waals surface area contributed by atoms with Gasteiger partial charge < -0.3 is 9.84 Å². The predicted octanol–water partition coefficient (Wildman–Crippen LogP) is 1.88. The van der Waals surface area contributed by atoms with Gasteiger partial charge >= 0.3 is 5.97 Å². The standard InChI is InChI=1S/C10H20O3/c1-3-5-6-7-8-13-10(12)9(11)4-2/h9,11H,3-8H2,1-2H3. The Morgan fingerprint density at radius 2 is 2.00 bits per heavy atom. The Morgan fingerprint density at radius 3 is 2.54 bits per heavy atom. The first-order valence-electron chi connectivity index (χ1n) is 5.07. The molecule has 0 amide bonds. The van der Waals surface area contributed by atoms with Crippen molar-refractivity contribution in [1.29, 1.82) is 0 Å². The summed E-state index contributed by atoms with van der Waals surface area (Å²) in [5, 5.41) is 9.05. The van der Waals surface area contributed by atoms with Gasteiger partial charge in [-0.2, -0.15) is 0 Å². The average Bonchev–Trinajstić information content (AvgIpc) is 2.16. The van der Waals surface area contributed by atoms with Crippen molar-refractivity contribution >= 4 is 5.97 Å². The lowest BCUT2D eigenvalue weighted by molar-refractivity contribution is -0.153. The number of carbonyl (C=O) groups excluding carboxylic acids is 1. The Hall–Kier alpha value is -0.570. The number of ether oxygens (including phenoxy) is 1. The SMILES string of the molecule is CCCCCCOC(=O)C(O)CC. The molecule has 0 rings (SSSR count). The molecule has 0 radical (unpaired) electrons. The van der Waals surface area contributed by atoms with Crippen molar-refractivity contribution in [3.8, 4) is 0 Å². The van der Waals surface area contributed by atoms with Crippen LogP contribution in [0.4, 0.5) is 0 Å². The van der Waals surface area contributed by atoms with Gasteiger partial charge in [-0.3, -0.25) is 0 Å². The van der Waals surface area contributed by atoms with Crippen LogP contribution >= 0.6 is 0 Å². The van der Waals surface area contributed by atoms with Gasteiger partial charge in [-0.05, 0) is 12.8 Å². The lowest BCUT2D eigenvalue weighted by atomic mass is 10.2. The Morgan fingerprint density at radius 1 is 1.31 bits per heavy atom. The predicted molar refractivity (Wildman–Crippen MR) is 51.4 cm³/mol. The van der Waals surface area contributed by atoms with E-state index in [-0.39, 0.29) is 0 Å². The zero-order valence-electron chi connectivity index (χ0n) is 8.58. The normalized spacial score (nSPS) is 12.5. The molecule has 0 aliphatic carbocycles. The molecule has 1 N–H and O–H groups in total. The summed E-state index contributed by atoms with van der Waals surface area (Å²) in [6.45, 7) is 4.33. The van der Waals surface area contributed by atoms with Crippen molar-refractivity contribution < 1.29 is 14.6 Å². The first-order chi connectivity index (χ1) is 6.22. The van der Waals surface area contributed by atoms with E-state index in [1.54, 1.807) is 6.92 Å². The third kappa shape index (κ3) is 6.58. The molecule has 3 heteroatoms. The molecule has 0 heterocycles. The van der Waals surface area contributed by atoms with Crippen LogP contribution < -0.4 is 0 Å². The molecule has 0 aliphatic heterocycles. The molecule has 0 saturated carbocycles. The summed E-state index contributed by atoms with van der Waals surface area (Å²) in [6.07, 6.45) is 3.82. The minimum Gasteiger partial charge on any atom is -0.464 e. The molecule has 13 heavy (non-hydrogen) atoms. The molecular formula is C10H20O3. The quantitative estimate of drug-likeness (QED) is 0.490. The van der Waals surface area contributed by atoms with Crippen LogP contribution in [0.25, 0.3) is 0 Å². The molecule has 3 nitrogen and oxygen atoms in total. The molecule has 0 spiro atoms. The second-order valence-electron chi connectivity index (χ2n) is 3.15. The van der Waals surface area contributed by atoms with Crippen molar-refractivity contribution in [2.24, 2.45) is 0 Å². The van der Waals surface area contributed by atoms with Gasteiger partial charge in [0.1, 0.15) is 0 Å². The van der Waals surface area contributed by atoms with Gasteiger partial charge in [0, 0.05) is 0 Å². The Balaban J connectivity index is 3.27. The van der Waals surface area contributed by atoms with E-state index in [9.17, 15) is 4.79 Å². The van der Waals surface area contributed by atoms with E-state index >= 15 is 0 Å². The van der Waals surface area contributed by atoms with Crippen molar-refractivity contribution in [1.82, 2.24) is 0 Å². The average molecular weight is 188 g/mol. The van der Waals surface area contributed by atoms with E-state index in [0.29, 0.717) is 13.0 Å². The van der Waals surface area contributed by atoms with Gasteiger partial charge in [0.05, 0.1) is 6.61 Å². The number of aliphatic hydroxyl groups is 1. The van der Waals surface area contributed by atoms with Gasteiger partial charge in [0.15, 0.2) is 6.10 Å². The molecule has 0 bridgehead atoms. The third-order valence-corrected chi connectivity index (χ3v) is 1.90. The highest BCUT2D eigenvalue weighted by atomic mass is 16.5. The highest BCUT2D eigenvalue weighted by molar-refractivity contribution is 5.74. The highest BCUT2D eigenvalue weighted by Crippen LogP contribution is 2.00. The first-order valence-corrected chi connectivity index (χ1v) is 5.07. The van der Waals surface area contributed by atoms with Crippen LogP contribution in [-0.2, 0) is 9.53 Å². The fraction of sp³-hybridized carbons (Fsp3) is 0.900. The van der Waals surface area contributed by atoms with E-state index in [4.69, 9.17) is 9.84 Å². The first kappa shape index (κ1) is 12.4. The van der Waals surface area contributed by atoms with Gasteiger partial charge in [-0.15, -0.1) is 0 Å². The number of unbranched alkanes of at least 4 members (excludes halogenated alkanes) is 3. The lowest BCUT2D eigenvalue weighted by Gasteiger charge is -2.07. The van der Waals surface area contributed by atoms with Crippen LogP contribution in [0.5, 0.6) is 0 Å². The monoisotopic (exact) mass is 188 g/mol. The van der Waals surface area contributed by atoms with E-state index < -0.39 is 12.1 Å². The van der Waals surface area contributed by atoms with E-state index in [1.165, 1.54) is 12.8 Å². The van der Waals surface area contributed by atoms with E-state index in [1.807, 2.05) is 0 Å². The van der Waals surface area contributed by atoms with Gasteiger partial charge in [0.25, 0.3) is 0 Å². The van der Waals surface area contributed by atoms with E-state index in [2.05, 4.69) is 6.92 Å². The minimum absolute atomic E-state index is 0.424. The van der Waals surface area contributed by atoms with Crippen molar-refractivity contribution in [3.05, 3.63) is 0 Å². The fourth-order valence-corrected chi connectivity index (χ4v) is 0.964. The summed E-state index contributed by atoms with van der Waals surface area (Å²) >= 11 is 0. The largest absolute Gasteiger partial charge is 0.464 e. The second kappa shape index (κ2) is 8.05. The Labute approximate surface area is 80.1 Å². The van der Waals surface area contributed by atoms with Crippen LogP contribution in [-0.4, -0.2) is 23.8 Å². The number of rotatable bonds is 7. The van der Waals surface area contributed by atoms with Crippen LogP contribution in [0, 0.1) is 0 Å². The zero-order chi connectivity index (χ0) is 10.1. The number of esters is 1. The maximum atomic E-state index is 10.9. The highest BCUT2D eigenvalue weighted by Gasteiger charge is 2.12. The molecule has 0 saturated heterocycles. The van der Waals surface area contributed by atoms with Crippen LogP contribution in [0.1, 0.15) is 46.0 Å². The summed E-state index contributed by atoms with van der Waals surface area (Å²) in [6, 6.07) is 0. The summed E-state index contributed by atoms with van der Waals surface area (Å²) in [7, 11) is 0. The maximum Gasteiger partial charge on any atom is 0.334 e. The van der Waals surface area contributed by atoms with Gasteiger partial charge in [-0.25, -0.2) is 4.79 Å². The van der Waals surface area contributed by atoms with Gasteiger partial charge in [0.2, 0.25) is 0 Å². The smallest absolute Gasteiger partial charge is 0.334 e. The summed E-state index contributed by atoms with van der Waals surface area (Å²) in [4.78, 5) is 10.9. The number of hydrogen-bond donors (Lipinski definition) is 1. The third-order valence-electron chi connectivity index (χ3n) is 1.90. The molecule has 0 aromatic carbocycles. The number of aliphatic hydroxyl groups excluding tert-OH is 1. The van der Waals surface area contributed by atoms with Crippen molar-refractivity contribution in [2.45, 2.75) is 52.1 Å². The molecule has 1 atom stereocenters. The molecule has 0 fully saturated rings. The topological polar surface area (TPSA) is 46.5 Å². The second-order valence-corrected chi connectivity index (χ2v) is 3.15. The molecule has 0 aromatic rings.